The number of allylic oxidation sites excluding steroid dienone is 1. The van der Waals surface area contributed by atoms with Crippen molar-refractivity contribution in [3.8, 4) is 0 Å². The number of hydrogen-bond acceptors (Lipinski definition) is 5. The first-order valence-corrected chi connectivity index (χ1v) is 8.68. The Morgan fingerprint density at radius 3 is 3.08 bits per heavy atom. The predicted molar refractivity (Wildman–Crippen MR) is 103 cm³/mol. The van der Waals surface area contributed by atoms with E-state index in [9.17, 15) is 4.79 Å². The molecule has 3 rings (SSSR count). The summed E-state index contributed by atoms with van der Waals surface area (Å²) in [5.74, 6) is 0. The first kappa shape index (κ1) is 17.4. The first-order valence-electron chi connectivity index (χ1n) is 8.68. The van der Waals surface area contributed by atoms with Gasteiger partial charge in [-0.1, -0.05) is 6.42 Å². The number of pyridine rings is 1. The van der Waals surface area contributed by atoms with Gasteiger partial charge in [0.2, 0.25) is 0 Å². The molecule has 2 aliphatic carbocycles. The Morgan fingerprint density at radius 1 is 1.44 bits per heavy atom. The fourth-order valence-electron chi connectivity index (χ4n) is 3.02. The molecule has 0 aromatic carbocycles. The molecule has 1 amide bonds. The SMILES string of the molecule is N[C@@H]1CCC[C@H](NCc2ccc(NC(=O)OCC3=CC=C=C3)cn2)C1.[HH].[HH].[HH]. The van der Waals surface area contributed by atoms with Crippen LogP contribution in [0.15, 0.2) is 47.9 Å². The van der Waals surface area contributed by atoms with Crippen LogP contribution in [0.4, 0.5) is 10.5 Å². The molecule has 6 heteroatoms. The van der Waals surface area contributed by atoms with Gasteiger partial charge in [-0.05, 0) is 55.2 Å². The van der Waals surface area contributed by atoms with Gasteiger partial charge in [-0.2, -0.15) is 0 Å². The van der Waals surface area contributed by atoms with Crippen LogP contribution in [0.25, 0.3) is 0 Å². The van der Waals surface area contributed by atoms with E-state index < -0.39 is 6.09 Å². The van der Waals surface area contributed by atoms with Gasteiger partial charge in [0.05, 0.1) is 17.6 Å². The summed E-state index contributed by atoms with van der Waals surface area (Å²) in [6.07, 6.45) is 11.1. The molecule has 0 spiro atoms. The molecule has 2 atom stereocenters. The summed E-state index contributed by atoms with van der Waals surface area (Å²) in [6.45, 7) is 0.934. The van der Waals surface area contributed by atoms with Crippen LogP contribution in [-0.2, 0) is 11.3 Å². The average molecular weight is 346 g/mol. The molecule has 1 fully saturated rings. The Morgan fingerprint density at radius 2 is 2.36 bits per heavy atom. The predicted octanol–water partition coefficient (Wildman–Crippen LogP) is 3.38. The number of aromatic nitrogens is 1. The molecule has 0 saturated heterocycles. The number of nitrogens with zero attached hydrogens (tertiary/aromatic N) is 1. The van der Waals surface area contributed by atoms with Gasteiger partial charge in [-0.15, -0.1) is 5.73 Å². The van der Waals surface area contributed by atoms with Crippen LogP contribution in [0.3, 0.4) is 0 Å². The fraction of sp³-hybridized carbons (Fsp3) is 0.421. The lowest BCUT2D eigenvalue weighted by molar-refractivity contribution is 0.172. The van der Waals surface area contributed by atoms with Crippen molar-refractivity contribution in [2.75, 3.05) is 11.9 Å². The number of ether oxygens (including phenoxy) is 1. The van der Waals surface area contributed by atoms with E-state index in [1.165, 1.54) is 12.8 Å². The Kier molecular flexibility index (Phi) is 6.01. The van der Waals surface area contributed by atoms with Gasteiger partial charge < -0.3 is 15.8 Å². The highest BCUT2D eigenvalue weighted by atomic mass is 16.5. The van der Waals surface area contributed by atoms with Crippen LogP contribution in [0, 0.1) is 0 Å². The minimum atomic E-state index is -0.495. The molecule has 1 saturated carbocycles. The molecule has 138 valence electrons. The lowest BCUT2D eigenvalue weighted by Crippen LogP contribution is -2.39. The largest absolute Gasteiger partial charge is 0.444 e. The van der Waals surface area contributed by atoms with Gasteiger partial charge in [-0.25, -0.2) is 4.79 Å². The number of nitrogens with two attached hydrogens (primary N) is 1. The van der Waals surface area contributed by atoms with E-state index in [1.54, 1.807) is 18.3 Å². The molecule has 0 bridgehead atoms. The second-order valence-electron chi connectivity index (χ2n) is 6.46. The highest BCUT2D eigenvalue weighted by Gasteiger charge is 2.18. The maximum absolute atomic E-state index is 11.8. The molecular formula is C19H30N4O2. The van der Waals surface area contributed by atoms with Crippen molar-refractivity contribution >= 4 is 11.8 Å². The van der Waals surface area contributed by atoms with Crippen LogP contribution < -0.4 is 16.4 Å². The molecule has 0 radical (unpaired) electrons. The Bertz CT molecular complexity index is 704. The maximum Gasteiger partial charge on any atom is 0.412 e. The normalized spacial score (nSPS) is 21.9. The number of hydrogen-bond donors (Lipinski definition) is 3. The topological polar surface area (TPSA) is 89.3 Å². The monoisotopic (exact) mass is 346 g/mol. The zero-order chi connectivity index (χ0) is 17.5. The number of amides is 1. The summed E-state index contributed by atoms with van der Waals surface area (Å²) in [4.78, 5) is 16.1. The zero-order valence-corrected chi connectivity index (χ0v) is 14.2. The summed E-state index contributed by atoms with van der Waals surface area (Å²) in [5, 5.41) is 6.18. The second kappa shape index (κ2) is 8.62. The third-order valence-electron chi connectivity index (χ3n) is 4.39. The summed E-state index contributed by atoms with van der Waals surface area (Å²) >= 11 is 0. The van der Waals surface area contributed by atoms with Gasteiger partial charge in [0.25, 0.3) is 0 Å². The lowest BCUT2D eigenvalue weighted by Gasteiger charge is -2.27. The van der Waals surface area contributed by atoms with E-state index in [2.05, 4.69) is 21.3 Å². The standard InChI is InChI=1S/C19H24N4O2.3H2/c20-15-6-3-7-16(10-15)21-11-17-8-9-18(12-22-17)23-19(24)25-13-14-4-1-2-5-14;;;/h1,4-5,8-9,12,15-16,21H,3,6-7,10-11,13,20H2,(H,23,24);3*1H/t15-,16+;;;/m1.../s1. The molecule has 0 unspecified atom stereocenters. The van der Waals surface area contributed by atoms with Gasteiger partial charge >= 0.3 is 6.09 Å². The van der Waals surface area contributed by atoms with Gasteiger partial charge in [0.1, 0.15) is 6.61 Å². The van der Waals surface area contributed by atoms with Crippen LogP contribution in [0.2, 0.25) is 0 Å². The molecule has 4 N–H and O–H groups in total. The summed E-state index contributed by atoms with van der Waals surface area (Å²) in [6, 6.07) is 4.50. The van der Waals surface area contributed by atoms with E-state index in [0.29, 0.717) is 24.3 Å². The first-order chi connectivity index (χ1) is 12.2. The number of nitrogens with one attached hydrogen (secondary N) is 2. The highest BCUT2D eigenvalue weighted by Crippen LogP contribution is 2.17. The molecule has 25 heavy (non-hydrogen) atoms. The van der Waals surface area contributed by atoms with Crippen molar-refractivity contribution in [1.29, 1.82) is 0 Å². The lowest BCUT2D eigenvalue weighted by atomic mass is 9.91. The molecule has 6 nitrogen and oxygen atoms in total. The van der Waals surface area contributed by atoms with Gasteiger partial charge in [0.15, 0.2) is 0 Å². The molecule has 2 aliphatic rings. The minimum absolute atomic E-state index is 0. The third-order valence-corrected chi connectivity index (χ3v) is 4.39. The van der Waals surface area contributed by atoms with Crippen molar-refractivity contribution < 1.29 is 13.8 Å². The fourth-order valence-corrected chi connectivity index (χ4v) is 3.02. The molecular weight excluding hydrogens is 316 g/mol. The van der Waals surface area contributed by atoms with Crippen molar-refractivity contribution in [1.82, 2.24) is 10.3 Å². The second-order valence-corrected chi connectivity index (χ2v) is 6.46. The van der Waals surface area contributed by atoms with E-state index in [4.69, 9.17) is 10.5 Å². The van der Waals surface area contributed by atoms with Crippen molar-refractivity contribution in [2.24, 2.45) is 5.73 Å². The molecule has 1 heterocycles. The number of carbonyl (C=O) groups is 1. The number of carbonyl (C=O) groups excluding carboxylic acids is 1. The van der Waals surface area contributed by atoms with Gasteiger partial charge in [0, 0.05) is 22.9 Å². The Balaban J connectivity index is 0.00000243. The van der Waals surface area contributed by atoms with E-state index in [-0.39, 0.29) is 10.9 Å². The van der Waals surface area contributed by atoms with E-state index in [0.717, 1.165) is 24.1 Å². The third kappa shape index (κ3) is 5.57. The van der Waals surface area contributed by atoms with E-state index in [1.807, 2.05) is 18.2 Å². The Labute approximate surface area is 152 Å². The highest BCUT2D eigenvalue weighted by molar-refractivity contribution is 5.84. The van der Waals surface area contributed by atoms with Crippen LogP contribution in [-0.4, -0.2) is 29.8 Å². The Hall–Kier alpha value is -2.40. The van der Waals surface area contributed by atoms with E-state index >= 15 is 0 Å². The zero-order valence-electron chi connectivity index (χ0n) is 14.2. The van der Waals surface area contributed by atoms with Gasteiger partial charge in [-0.3, -0.25) is 10.3 Å². The molecule has 1 aromatic heterocycles. The van der Waals surface area contributed by atoms with Crippen LogP contribution in [0.5, 0.6) is 0 Å². The summed E-state index contributed by atoms with van der Waals surface area (Å²) in [7, 11) is 0. The van der Waals surface area contributed by atoms with Crippen molar-refractivity contribution in [3.05, 3.63) is 53.6 Å². The van der Waals surface area contributed by atoms with Crippen molar-refractivity contribution in [3.63, 3.8) is 0 Å². The number of rotatable bonds is 6. The minimum Gasteiger partial charge on any atom is -0.444 e. The van der Waals surface area contributed by atoms with Crippen LogP contribution >= 0.6 is 0 Å². The summed E-state index contributed by atoms with van der Waals surface area (Å²) in [5.41, 5.74) is 11.4. The maximum atomic E-state index is 11.8. The number of anilines is 1. The molecule has 1 aromatic rings. The average Bonchev–Trinajstić information content (AvgIpc) is 3.13. The van der Waals surface area contributed by atoms with Crippen LogP contribution in [0.1, 0.15) is 35.7 Å². The quantitative estimate of drug-likeness (QED) is 0.687. The summed E-state index contributed by atoms with van der Waals surface area (Å²) < 4.78 is 5.14. The van der Waals surface area contributed by atoms with Crippen molar-refractivity contribution in [2.45, 2.75) is 44.3 Å². The molecule has 0 aliphatic heterocycles. The smallest absolute Gasteiger partial charge is 0.412 e.